The van der Waals surface area contributed by atoms with Crippen LogP contribution in [0.1, 0.15) is 0 Å². The maximum absolute atomic E-state index is 6.42. The fourth-order valence-electron chi connectivity index (χ4n) is 6.23. The van der Waals surface area contributed by atoms with Gasteiger partial charge in [-0.15, -0.1) is 0 Å². The molecule has 0 saturated heterocycles. The van der Waals surface area contributed by atoms with Gasteiger partial charge in [-0.1, -0.05) is 121 Å². The van der Waals surface area contributed by atoms with Gasteiger partial charge in [0.25, 0.3) is 0 Å². The van der Waals surface area contributed by atoms with Crippen LogP contribution in [0.25, 0.3) is 88.8 Å². The van der Waals surface area contributed by atoms with Gasteiger partial charge in [-0.25, -0.2) is 15.0 Å². The Balaban J connectivity index is 1.19. The second-order valence-corrected chi connectivity index (χ2v) is 11.3. The van der Waals surface area contributed by atoms with E-state index < -0.39 is 0 Å². The van der Waals surface area contributed by atoms with Gasteiger partial charge < -0.3 is 4.42 Å². The maximum Gasteiger partial charge on any atom is 0.164 e. The standard InChI is InChI=1S/C41H25N3O/c1-3-9-26(10-4-1)29-17-21-35-36-22-19-32(25-38(36)45-37(35)24-29)41-43-39(28-12-5-2-6-13-28)42-40(44-41)31-18-20-34-30(23-31)16-15-27-11-7-8-14-33(27)34/h1-25H. The lowest BCUT2D eigenvalue weighted by atomic mass is 10.00. The molecule has 210 valence electrons. The molecule has 0 aliphatic rings. The minimum Gasteiger partial charge on any atom is -0.456 e. The molecule has 2 heterocycles. The number of furan rings is 1. The van der Waals surface area contributed by atoms with Crippen molar-refractivity contribution in [3.05, 3.63) is 152 Å². The summed E-state index contributed by atoms with van der Waals surface area (Å²) in [6.07, 6.45) is 0. The van der Waals surface area contributed by atoms with E-state index in [0.717, 1.165) is 55.1 Å². The van der Waals surface area contributed by atoms with Crippen molar-refractivity contribution < 1.29 is 4.42 Å². The number of benzene rings is 7. The lowest BCUT2D eigenvalue weighted by Crippen LogP contribution is -2.00. The fourth-order valence-corrected chi connectivity index (χ4v) is 6.23. The third-order valence-electron chi connectivity index (χ3n) is 8.51. The first kappa shape index (κ1) is 25.4. The minimum absolute atomic E-state index is 0.602. The van der Waals surface area contributed by atoms with Crippen molar-refractivity contribution >= 4 is 43.5 Å². The molecule has 4 nitrogen and oxygen atoms in total. The molecule has 9 rings (SSSR count). The van der Waals surface area contributed by atoms with Gasteiger partial charge in [0.05, 0.1) is 0 Å². The van der Waals surface area contributed by atoms with Crippen LogP contribution in [-0.2, 0) is 0 Å². The van der Waals surface area contributed by atoms with Crippen LogP contribution in [-0.4, -0.2) is 15.0 Å². The van der Waals surface area contributed by atoms with E-state index in [0.29, 0.717) is 17.5 Å². The monoisotopic (exact) mass is 575 g/mol. The van der Waals surface area contributed by atoms with E-state index in [2.05, 4.69) is 109 Å². The van der Waals surface area contributed by atoms with Gasteiger partial charge in [-0.05, 0) is 63.0 Å². The molecule has 0 fully saturated rings. The smallest absolute Gasteiger partial charge is 0.164 e. The summed E-state index contributed by atoms with van der Waals surface area (Å²) in [5.41, 5.74) is 6.69. The quantitative estimate of drug-likeness (QED) is 0.196. The summed E-state index contributed by atoms with van der Waals surface area (Å²) in [6.45, 7) is 0. The molecular weight excluding hydrogens is 550 g/mol. The largest absolute Gasteiger partial charge is 0.456 e. The number of rotatable bonds is 4. The van der Waals surface area contributed by atoms with Gasteiger partial charge in [0.1, 0.15) is 11.2 Å². The second-order valence-electron chi connectivity index (χ2n) is 11.3. The normalized spacial score (nSPS) is 11.6. The van der Waals surface area contributed by atoms with Gasteiger partial charge in [-0.2, -0.15) is 0 Å². The molecule has 9 aromatic rings. The zero-order valence-electron chi connectivity index (χ0n) is 24.2. The first-order valence-electron chi connectivity index (χ1n) is 15.0. The highest BCUT2D eigenvalue weighted by atomic mass is 16.3. The molecule has 0 aliphatic carbocycles. The van der Waals surface area contributed by atoms with Gasteiger partial charge in [0.2, 0.25) is 0 Å². The lowest BCUT2D eigenvalue weighted by Gasteiger charge is -2.10. The molecule has 0 radical (unpaired) electrons. The van der Waals surface area contributed by atoms with Crippen LogP contribution in [0.4, 0.5) is 0 Å². The molecule has 0 spiro atoms. The summed E-state index contributed by atoms with van der Waals surface area (Å²) in [7, 11) is 0. The third kappa shape index (κ3) is 4.43. The SMILES string of the molecule is c1ccc(-c2ccc3c(c2)oc2cc(-c4nc(-c5ccccc5)nc(-c5ccc6c(ccc7ccccc76)c5)n4)ccc23)cc1. The van der Waals surface area contributed by atoms with Crippen molar-refractivity contribution in [2.45, 2.75) is 0 Å². The van der Waals surface area contributed by atoms with Crippen molar-refractivity contribution in [2.75, 3.05) is 0 Å². The Morgan fingerprint density at radius 2 is 0.800 bits per heavy atom. The maximum atomic E-state index is 6.42. The molecule has 45 heavy (non-hydrogen) atoms. The van der Waals surface area contributed by atoms with Gasteiger partial charge in [0, 0.05) is 27.5 Å². The fraction of sp³-hybridized carbons (Fsp3) is 0. The van der Waals surface area contributed by atoms with Crippen LogP contribution in [0.3, 0.4) is 0 Å². The second kappa shape index (κ2) is 10.2. The van der Waals surface area contributed by atoms with Gasteiger partial charge >= 0.3 is 0 Å². The molecule has 0 saturated carbocycles. The Kier molecular flexibility index (Phi) is 5.78. The predicted octanol–water partition coefficient (Wildman–Crippen LogP) is 10.7. The highest BCUT2D eigenvalue weighted by Gasteiger charge is 2.15. The summed E-state index contributed by atoms with van der Waals surface area (Å²) in [5, 5.41) is 6.96. The number of hydrogen-bond donors (Lipinski definition) is 0. The van der Waals surface area contributed by atoms with Gasteiger partial charge in [-0.3, -0.25) is 0 Å². The van der Waals surface area contributed by atoms with E-state index in [1.165, 1.54) is 16.2 Å². The first-order chi connectivity index (χ1) is 22.3. The van der Waals surface area contributed by atoms with E-state index in [1.54, 1.807) is 0 Å². The van der Waals surface area contributed by atoms with Crippen LogP contribution in [0.5, 0.6) is 0 Å². The number of hydrogen-bond acceptors (Lipinski definition) is 4. The first-order valence-corrected chi connectivity index (χ1v) is 15.0. The number of aromatic nitrogens is 3. The summed E-state index contributed by atoms with van der Waals surface area (Å²) in [6, 6.07) is 52.3. The van der Waals surface area contributed by atoms with E-state index in [-0.39, 0.29) is 0 Å². The highest BCUT2D eigenvalue weighted by molar-refractivity contribution is 6.08. The van der Waals surface area contributed by atoms with Crippen molar-refractivity contribution in [2.24, 2.45) is 0 Å². The van der Waals surface area contributed by atoms with Crippen molar-refractivity contribution in [3.63, 3.8) is 0 Å². The Hall–Kier alpha value is -6.13. The minimum atomic E-state index is 0.602. The molecule has 4 heteroatoms. The summed E-state index contributed by atoms with van der Waals surface area (Å²) >= 11 is 0. The molecule has 2 aromatic heterocycles. The predicted molar refractivity (Wildman–Crippen MR) is 184 cm³/mol. The van der Waals surface area contributed by atoms with Gasteiger partial charge in [0.15, 0.2) is 17.5 Å². The summed E-state index contributed by atoms with van der Waals surface area (Å²) in [5.74, 6) is 1.86. The zero-order valence-corrected chi connectivity index (χ0v) is 24.2. The Labute approximate surface area is 259 Å². The van der Waals surface area contributed by atoms with E-state index >= 15 is 0 Å². The number of nitrogens with zero attached hydrogens (tertiary/aromatic N) is 3. The van der Waals surface area contributed by atoms with Crippen LogP contribution in [0.15, 0.2) is 156 Å². The number of fused-ring (bicyclic) bond motifs is 6. The van der Waals surface area contributed by atoms with Crippen LogP contribution >= 0.6 is 0 Å². The zero-order chi connectivity index (χ0) is 29.7. The molecule has 0 atom stereocenters. The highest BCUT2D eigenvalue weighted by Crippen LogP contribution is 2.35. The van der Waals surface area contributed by atoms with Crippen LogP contribution < -0.4 is 0 Å². The summed E-state index contributed by atoms with van der Waals surface area (Å²) in [4.78, 5) is 14.9. The average molecular weight is 576 g/mol. The topological polar surface area (TPSA) is 51.8 Å². The molecular formula is C41H25N3O. The van der Waals surface area contributed by atoms with Crippen LogP contribution in [0, 0.1) is 0 Å². The van der Waals surface area contributed by atoms with Crippen LogP contribution in [0.2, 0.25) is 0 Å². The molecule has 0 N–H and O–H groups in total. The Morgan fingerprint density at radius 1 is 0.311 bits per heavy atom. The van der Waals surface area contributed by atoms with Crippen molar-refractivity contribution in [3.8, 4) is 45.3 Å². The Bertz CT molecular complexity index is 2540. The molecule has 0 aliphatic heterocycles. The lowest BCUT2D eigenvalue weighted by molar-refractivity contribution is 0.669. The average Bonchev–Trinajstić information content (AvgIpc) is 3.49. The van der Waals surface area contributed by atoms with Crippen molar-refractivity contribution in [1.29, 1.82) is 0 Å². The molecule has 0 bridgehead atoms. The molecule has 0 amide bonds. The summed E-state index contributed by atoms with van der Waals surface area (Å²) < 4.78 is 6.42. The van der Waals surface area contributed by atoms with Crippen molar-refractivity contribution in [1.82, 2.24) is 15.0 Å². The van der Waals surface area contributed by atoms with E-state index in [9.17, 15) is 0 Å². The van der Waals surface area contributed by atoms with E-state index in [4.69, 9.17) is 19.4 Å². The Morgan fingerprint density at radius 3 is 1.51 bits per heavy atom. The third-order valence-corrected chi connectivity index (χ3v) is 8.51. The van der Waals surface area contributed by atoms with E-state index in [1.807, 2.05) is 42.5 Å². The molecule has 7 aromatic carbocycles. The molecule has 0 unspecified atom stereocenters.